The third-order valence-corrected chi connectivity index (χ3v) is 4.76. The van der Waals surface area contributed by atoms with Crippen molar-refractivity contribution in [2.24, 2.45) is 17.8 Å². The van der Waals surface area contributed by atoms with Gasteiger partial charge in [-0.15, -0.1) is 0 Å². The normalized spacial score (nSPS) is 26.9. The number of benzene rings is 1. The predicted octanol–water partition coefficient (Wildman–Crippen LogP) is 4.42. The van der Waals surface area contributed by atoms with Crippen molar-refractivity contribution < 1.29 is 4.39 Å². The van der Waals surface area contributed by atoms with Crippen LogP contribution in [0.25, 0.3) is 0 Å². The van der Waals surface area contributed by atoms with Gasteiger partial charge in [-0.2, -0.15) is 0 Å². The van der Waals surface area contributed by atoms with Gasteiger partial charge in [-0.05, 0) is 61.3 Å². The van der Waals surface area contributed by atoms with Crippen LogP contribution in [-0.4, -0.2) is 12.6 Å². The number of nitrogens with one attached hydrogen (secondary N) is 1. The van der Waals surface area contributed by atoms with E-state index in [9.17, 15) is 4.39 Å². The lowest BCUT2D eigenvalue weighted by Crippen LogP contribution is -2.43. The SMILES string of the molecule is CC1CCC(C(C)C)C(NCCc2ccc(F)cc2)C1. The van der Waals surface area contributed by atoms with Crippen molar-refractivity contribution in [3.63, 3.8) is 0 Å². The van der Waals surface area contributed by atoms with Crippen LogP contribution < -0.4 is 5.32 Å². The molecule has 1 aliphatic rings. The Morgan fingerprint density at radius 3 is 2.55 bits per heavy atom. The van der Waals surface area contributed by atoms with Gasteiger partial charge in [-0.3, -0.25) is 0 Å². The molecule has 1 aromatic rings. The van der Waals surface area contributed by atoms with Gasteiger partial charge in [-0.25, -0.2) is 4.39 Å². The van der Waals surface area contributed by atoms with Gasteiger partial charge >= 0.3 is 0 Å². The van der Waals surface area contributed by atoms with E-state index >= 15 is 0 Å². The van der Waals surface area contributed by atoms with E-state index in [2.05, 4.69) is 26.1 Å². The van der Waals surface area contributed by atoms with Crippen LogP contribution >= 0.6 is 0 Å². The molecule has 1 saturated carbocycles. The van der Waals surface area contributed by atoms with Crippen molar-refractivity contribution in [1.82, 2.24) is 5.32 Å². The monoisotopic (exact) mass is 277 g/mol. The van der Waals surface area contributed by atoms with Crippen LogP contribution in [0.2, 0.25) is 0 Å². The summed E-state index contributed by atoms with van der Waals surface area (Å²) in [6.45, 7) is 8.04. The van der Waals surface area contributed by atoms with E-state index in [0.717, 1.165) is 30.7 Å². The summed E-state index contributed by atoms with van der Waals surface area (Å²) in [6, 6.07) is 7.53. The van der Waals surface area contributed by atoms with Crippen LogP contribution in [0, 0.1) is 23.6 Å². The first-order valence-electron chi connectivity index (χ1n) is 8.04. The van der Waals surface area contributed by atoms with E-state index in [1.54, 1.807) is 12.1 Å². The minimum absolute atomic E-state index is 0.150. The van der Waals surface area contributed by atoms with Crippen molar-refractivity contribution in [2.45, 2.75) is 52.5 Å². The van der Waals surface area contributed by atoms with Crippen LogP contribution in [0.4, 0.5) is 4.39 Å². The molecule has 1 N–H and O–H groups in total. The first kappa shape index (κ1) is 15.5. The number of halogens is 1. The highest BCUT2D eigenvalue weighted by atomic mass is 19.1. The third-order valence-electron chi connectivity index (χ3n) is 4.76. The van der Waals surface area contributed by atoms with Crippen molar-refractivity contribution in [1.29, 1.82) is 0 Å². The molecule has 20 heavy (non-hydrogen) atoms. The summed E-state index contributed by atoms with van der Waals surface area (Å²) < 4.78 is 12.9. The summed E-state index contributed by atoms with van der Waals surface area (Å²) in [7, 11) is 0. The average molecular weight is 277 g/mol. The zero-order valence-electron chi connectivity index (χ0n) is 13.0. The fourth-order valence-corrected chi connectivity index (χ4v) is 3.49. The molecule has 0 spiro atoms. The molecule has 1 aromatic carbocycles. The van der Waals surface area contributed by atoms with Crippen LogP contribution in [0.5, 0.6) is 0 Å². The second kappa shape index (κ2) is 7.21. The maximum Gasteiger partial charge on any atom is 0.123 e. The van der Waals surface area contributed by atoms with Gasteiger partial charge in [0.1, 0.15) is 5.82 Å². The van der Waals surface area contributed by atoms with Gasteiger partial charge < -0.3 is 5.32 Å². The minimum atomic E-state index is -0.150. The summed E-state index contributed by atoms with van der Waals surface area (Å²) in [5.41, 5.74) is 1.21. The van der Waals surface area contributed by atoms with E-state index in [1.807, 2.05) is 12.1 Å². The predicted molar refractivity (Wildman–Crippen MR) is 83.2 cm³/mol. The second-order valence-electron chi connectivity index (χ2n) is 6.76. The smallest absolute Gasteiger partial charge is 0.123 e. The third kappa shape index (κ3) is 4.31. The molecule has 0 amide bonds. The molecule has 1 aliphatic carbocycles. The highest BCUT2D eigenvalue weighted by Gasteiger charge is 2.29. The lowest BCUT2D eigenvalue weighted by Gasteiger charge is -2.38. The Labute approximate surface area is 123 Å². The van der Waals surface area contributed by atoms with Crippen molar-refractivity contribution in [2.75, 3.05) is 6.54 Å². The Balaban J connectivity index is 1.83. The molecular weight excluding hydrogens is 249 g/mol. The fraction of sp³-hybridized carbons (Fsp3) is 0.667. The first-order valence-corrected chi connectivity index (χ1v) is 8.04. The maximum absolute atomic E-state index is 12.9. The molecule has 3 atom stereocenters. The summed E-state index contributed by atoms with van der Waals surface area (Å²) in [5.74, 6) is 2.25. The quantitative estimate of drug-likeness (QED) is 0.840. The van der Waals surface area contributed by atoms with E-state index in [0.29, 0.717) is 6.04 Å². The van der Waals surface area contributed by atoms with E-state index in [-0.39, 0.29) is 5.82 Å². The van der Waals surface area contributed by atoms with E-state index in [4.69, 9.17) is 0 Å². The molecule has 0 bridgehead atoms. The van der Waals surface area contributed by atoms with E-state index < -0.39 is 0 Å². The number of rotatable bonds is 5. The zero-order chi connectivity index (χ0) is 14.5. The number of hydrogen-bond donors (Lipinski definition) is 1. The van der Waals surface area contributed by atoms with Crippen molar-refractivity contribution in [3.8, 4) is 0 Å². The van der Waals surface area contributed by atoms with Crippen LogP contribution in [0.15, 0.2) is 24.3 Å². The molecule has 0 aromatic heterocycles. The Bertz CT molecular complexity index is 398. The molecule has 0 saturated heterocycles. The molecular formula is C18H28FN. The largest absolute Gasteiger partial charge is 0.313 e. The maximum atomic E-state index is 12.9. The van der Waals surface area contributed by atoms with Crippen LogP contribution in [-0.2, 0) is 6.42 Å². The molecule has 3 unspecified atom stereocenters. The van der Waals surface area contributed by atoms with Gasteiger partial charge in [0.15, 0.2) is 0 Å². The van der Waals surface area contributed by atoms with Gasteiger partial charge in [0.25, 0.3) is 0 Å². The molecule has 0 aliphatic heterocycles. The Kier molecular flexibility index (Phi) is 5.59. The summed E-state index contributed by atoms with van der Waals surface area (Å²) >= 11 is 0. The Morgan fingerprint density at radius 2 is 1.90 bits per heavy atom. The Morgan fingerprint density at radius 1 is 1.20 bits per heavy atom. The highest BCUT2D eigenvalue weighted by molar-refractivity contribution is 5.16. The standard InChI is InChI=1S/C18H28FN/c1-13(2)17-9-4-14(3)12-18(17)20-11-10-15-5-7-16(19)8-6-15/h5-8,13-14,17-18,20H,4,9-12H2,1-3H3. The van der Waals surface area contributed by atoms with Crippen molar-refractivity contribution >= 4 is 0 Å². The fourth-order valence-electron chi connectivity index (χ4n) is 3.49. The van der Waals surface area contributed by atoms with E-state index in [1.165, 1.54) is 24.8 Å². The lowest BCUT2D eigenvalue weighted by atomic mass is 9.74. The summed E-state index contributed by atoms with van der Waals surface area (Å²) in [5, 5.41) is 3.75. The van der Waals surface area contributed by atoms with Crippen LogP contribution in [0.3, 0.4) is 0 Å². The summed E-state index contributed by atoms with van der Waals surface area (Å²) in [4.78, 5) is 0. The number of hydrogen-bond acceptors (Lipinski definition) is 1. The van der Waals surface area contributed by atoms with Gasteiger partial charge in [0.2, 0.25) is 0 Å². The molecule has 112 valence electrons. The molecule has 2 rings (SSSR count). The van der Waals surface area contributed by atoms with Gasteiger partial charge in [0, 0.05) is 6.04 Å². The molecule has 1 fully saturated rings. The highest BCUT2D eigenvalue weighted by Crippen LogP contribution is 2.33. The zero-order valence-corrected chi connectivity index (χ0v) is 13.0. The lowest BCUT2D eigenvalue weighted by molar-refractivity contribution is 0.171. The summed E-state index contributed by atoms with van der Waals surface area (Å²) in [6.07, 6.45) is 5.01. The van der Waals surface area contributed by atoms with Crippen molar-refractivity contribution in [3.05, 3.63) is 35.6 Å². The topological polar surface area (TPSA) is 12.0 Å². The molecule has 1 nitrogen and oxygen atoms in total. The second-order valence-corrected chi connectivity index (χ2v) is 6.76. The first-order chi connectivity index (χ1) is 9.56. The Hall–Kier alpha value is -0.890. The molecule has 0 heterocycles. The molecule has 0 radical (unpaired) electrons. The average Bonchev–Trinajstić information content (AvgIpc) is 2.41. The van der Waals surface area contributed by atoms with Crippen LogP contribution in [0.1, 0.15) is 45.6 Å². The molecule has 2 heteroatoms. The van der Waals surface area contributed by atoms with Gasteiger partial charge in [-0.1, -0.05) is 39.3 Å². The van der Waals surface area contributed by atoms with Gasteiger partial charge in [0.05, 0.1) is 0 Å². The minimum Gasteiger partial charge on any atom is -0.313 e.